The molecule has 0 aliphatic heterocycles. The maximum Gasteiger partial charge on any atom is 4.00 e. The van der Waals surface area contributed by atoms with Crippen LogP contribution in [0, 0.1) is 47.3 Å². The summed E-state index contributed by atoms with van der Waals surface area (Å²) < 4.78 is 0. The summed E-state index contributed by atoms with van der Waals surface area (Å²) in [6.45, 7) is 26.3. The summed E-state index contributed by atoms with van der Waals surface area (Å²) >= 11 is 0. The predicted octanol–water partition coefficient (Wildman–Crippen LogP) is -15.4. The Morgan fingerprint density at radius 3 is 0.887 bits per heavy atom. The van der Waals surface area contributed by atoms with Crippen molar-refractivity contribution in [3.63, 3.8) is 0 Å². The van der Waals surface area contributed by atoms with Crippen LogP contribution in [0.4, 0.5) is 0 Å². The molecule has 14 heteroatoms. The average molecular weight is 1410 g/mol. The van der Waals surface area contributed by atoms with E-state index in [1.54, 1.807) is 0 Å². The fraction of sp³-hybridized carbons (Fsp3) is 0.500. The van der Waals surface area contributed by atoms with Crippen LogP contribution >= 0.6 is 0 Å². The fourth-order valence-corrected chi connectivity index (χ4v) is 5.47. The minimum Gasteiger partial charge on any atom is -1.00 e. The molecule has 0 bridgehead atoms. The van der Waals surface area contributed by atoms with Crippen LogP contribution in [-0.4, -0.2) is 0 Å². The van der Waals surface area contributed by atoms with E-state index in [-0.39, 0.29) is 235 Å². The Hall–Kier alpha value is 3.13. The van der Waals surface area contributed by atoms with Crippen LogP contribution in [0.1, 0.15) is 147 Å². The van der Waals surface area contributed by atoms with Gasteiger partial charge in [0.15, 0.2) is 0 Å². The number of hydrogen-bond acceptors (Lipinski definition) is 0. The van der Waals surface area contributed by atoms with E-state index in [1.165, 1.54) is 83.1 Å². The Bertz CT molecular complexity index is 1290. The van der Waals surface area contributed by atoms with Crippen molar-refractivity contribution in [1.82, 2.24) is 0 Å². The molecule has 6 aliphatic carbocycles. The van der Waals surface area contributed by atoms with Crippen LogP contribution in [0.15, 0.2) is 105 Å². The second kappa shape index (κ2) is 60.3. The molecule has 0 spiro atoms. The van der Waals surface area contributed by atoms with Crippen molar-refractivity contribution in [2.75, 3.05) is 0 Å². The summed E-state index contributed by atoms with van der Waals surface area (Å²) in [4.78, 5) is 0. The Labute approximate surface area is 517 Å². The van der Waals surface area contributed by atoms with Gasteiger partial charge >= 0.3 is 100.0 Å². The van der Waals surface area contributed by atoms with Crippen molar-refractivity contribution in [2.24, 2.45) is 10.8 Å². The third-order valence-corrected chi connectivity index (χ3v) is 9.43. The quantitative estimate of drug-likeness (QED) is 0.184. The van der Waals surface area contributed by atoms with E-state index in [9.17, 15) is 0 Å². The number of allylic oxidation sites excluding steroid dienone is 24. The summed E-state index contributed by atoms with van der Waals surface area (Å²) in [5.74, 6) is 0. The number of halogens is 10. The standard InChI is InChI=1S/2C10H15.2C9H13.2C5H5.10ClH.Hf.Ti.2Zr/c2*1-7-6-10(4,5)9(3)8(7)2;2*1-2-3-6-9-7-4-5-8-9;2*1-2-4-5-3-1;;;;;;;;;;;;;;/h2*1-5H3;2*4,7H,2-3,5-6H2,1H3;2*1-3H,4H2;10*1H;;;;/q6*-1;;;;;;;;;;;4*+4/p-10. The molecule has 62 heavy (non-hydrogen) atoms. The van der Waals surface area contributed by atoms with Gasteiger partial charge in [-0.05, 0) is 0 Å². The summed E-state index contributed by atoms with van der Waals surface area (Å²) in [6, 6.07) is 0. The minimum absolute atomic E-state index is 0. The molecule has 0 aromatic carbocycles. The molecular weight excluding hydrogens is 1340 g/mol. The number of hydrogen-bond donors (Lipinski definition) is 0. The molecule has 0 amide bonds. The van der Waals surface area contributed by atoms with Crippen molar-refractivity contribution < 1.29 is 224 Å². The first-order valence-corrected chi connectivity index (χ1v) is 18.3. The summed E-state index contributed by atoms with van der Waals surface area (Å²) in [5, 5.41) is 0. The van der Waals surface area contributed by atoms with Crippen LogP contribution in [0.25, 0.3) is 0 Å². The average Bonchev–Trinajstić information content (AvgIpc) is 3.92. The molecule has 0 saturated heterocycles. The second-order valence-electron chi connectivity index (χ2n) is 14.1. The monoisotopic (exact) mass is 1400 g/mol. The summed E-state index contributed by atoms with van der Waals surface area (Å²) in [6.07, 6.45) is 51.9. The van der Waals surface area contributed by atoms with Crippen LogP contribution < -0.4 is 124 Å². The van der Waals surface area contributed by atoms with Gasteiger partial charge in [0.2, 0.25) is 0 Å². The van der Waals surface area contributed by atoms with Crippen molar-refractivity contribution in [3.05, 3.63) is 142 Å². The smallest absolute Gasteiger partial charge is 1.00 e. The molecule has 0 radical (unpaired) electrons. The zero-order chi connectivity index (χ0) is 36.0. The molecule has 6 rings (SSSR count). The molecular formula is C48H66Cl10HfTiZr2. The molecule has 0 atom stereocenters. The molecule has 0 nitrogen and oxygen atoms in total. The number of rotatable bonds is 6. The Kier molecular flexibility index (Phi) is 99.6. The van der Waals surface area contributed by atoms with Gasteiger partial charge in [-0.1, -0.05) is 119 Å². The van der Waals surface area contributed by atoms with E-state index in [2.05, 4.69) is 156 Å². The molecule has 0 aromatic heterocycles. The van der Waals surface area contributed by atoms with Crippen LogP contribution in [0.3, 0.4) is 0 Å². The van der Waals surface area contributed by atoms with E-state index >= 15 is 0 Å². The number of unbranched alkanes of at least 4 members (excludes halogenated alkanes) is 2. The Balaban J connectivity index is -0.0000000360. The SMILES string of the molecule is CC1=[C-]C(C)(C)C(C)=C1C.CC1=[C-]C(C)(C)C(C)=C1C.CCCCC1=[C-]CC=C1.CCCCC1=[C-]CC=C1.[C-]1=CC=CC1.[C-]1=CC=CC1.[Cl-].[Cl-].[Cl-].[Cl-].[Cl-].[Cl-].[Cl-].[Cl-].[Cl-].[Cl-].[Hf+4].[Ti+4].[Zr+4].[Zr+4]. The largest absolute Gasteiger partial charge is 4.00 e. The normalized spacial score (nSPS) is 15.2. The van der Waals surface area contributed by atoms with E-state index in [0.717, 1.165) is 25.7 Å². The van der Waals surface area contributed by atoms with Gasteiger partial charge in [0.25, 0.3) is 0 Å². The van der Waals surface area contributed by atoms with Gasteiger partial charge in [0, 0.05) is 0 Å². The third kappa shape index (κ3) is 45.6. The molecule has 0 saturated carbocycles. The summed E-state index contributed by atoms with van der Waals surface area (Å²) in [7, 11) is 0. The van der Waals surface area contributed by atoms with Crippen LogP contribution in [0.5, 0.6) is 0 Å². The molecule has 344 valence electrons. The predicted molar refractivity (Wildman–Crippen MR) is 212 cm³/mol. The van der Waals surface area contributed by atoms with Gasteiger partial charge in [-0.25, -0.2) is 58.7 Å². The maximum atomic E-state index is 3.44. The van der Waals surface area contributed by atoms with Gasteiger partial charge in [-0.15, -0.1) is 39.5 Å². The van der Waals surface area contributed by atoms with Gasteiger partial charge in [0.05, 0.1) is 0 Å². The van der Waals surface area contributed by atoms with Gasteiger partial charge < -0.3 is 124 Å². The van der Waals surface area contributed by atoms with Gasteiger partial charge in [-0.3, -0.25) is 36.5 Å². The van der Waals surface area contributed by atoms with Crippen LogP contribution in [0.2, 0.25) is 0 Å². The summed E-state index contributed by atoms with van der Waals surface area (Å²) in [5.41, 5.74) is 11.6. The van der Waals surface area contributed by atoms with E-state index < -0.39 is 0 Å². The second-order valence-corrected chi connectivity index (χ2v) is 14.1. The third-order valence-electron chi connectivity index (χ3n) is 9.43. The minimum atomic E-state index is 0. The van der Waals surface area contributed by atoms with E-state index in [1.807, 2.05) is 24.3 Å². The van der Waals surface area contributed by atoms with Crippen LogP contribution in [-0.2, 0) is 100.0 Å². The first kappa shape index (κ1) is 102. The molecule has 0 aromatic rings. The van der Waals surface area contributed by atoms with Gasteiger partial charge in [0.1, 0.15) is 0 Å². The van der Waals surface area contributed by atoms with Crippen molar-refractivity contribution in [1.29, 1.82) is 0 Å². The first-order chi connectivity index (χ1) is 22.8. The van der Waals surface area contributed by atoms with Crippen molar-refractivity contribution in [3.8, 4) is 0 Å². The van der Waals surface area contributed by atoms with Gasteiger partial charge in [-0.2, -0.15) is 46.6 Å². The first-order valence-electron chi connectivity index (χ1n) is 18.3. The Morgan fingerprint density at radius 2 is 0.774 bits per heavy atom. The van der Waals surface area contributed by atoms with E-state index in [0.29, 0.717) is 0 Å². The fourth-order valence-electron chi connectivity index (χ4n) is 5.47. The van der Waals surface area contributed by atoms with Crippen molar-refractivity contribution >= 4 is 0 Å². The molecule has 0 heterocycles. The Morgan fingerprint density at radius 1 is 0.484 bits per heavy atom. The molecule has 0 fully saturated rings. The topological polar surface area (TPSA) is 0 Å². The zero-order valence-electron chi connectivity index (χ0n) is 38.6. The molecule has 0 N–H and O–H groups in total. The van der Waals surface area contributed by atoms with E-state index in [4.69, 9.17) is 0 Å². The van der Waals surface area contributed by atoms with Crippen molar-refractivity contribution in [2.45, 2.75) is 147 Å². The molecule has 0 unspecified atom stereocenters. The molecule has 6 aliphatic rings. The maximum absolute atomic E-state index is 3.44. The zero-order valence-corrected chi connectivity index (χ0v) is 56.3.